The van der Waals surface area contributed by atoms with Crippen LogP contribution in [0.2, 0.25) is 0 Å². The number of aromatic amines is 2. The molecule has 2 heterocycles. The molecule has 6 nitrogen and oxygen atoms in total. The van der Waals surface area contributed by atoms with Gasteiger partial charge in [0.2, 0.25) is 0 Å². The number of allylic oxidation sites excluding steroid dienone is 1. The third kappa shape index (κ3) is 1.40. The minimum absolute atomic E-state index is 0.254. The van der Waals surface area contributed by atoms with E-state index in [2.05, 4.69) is 16.5 Å². The lowest BCUT2D eigenvalue weighted by Crippen LogP contribution is -2.29. The lowest BCUT2D eigenvalue weighted by molar-refractivity contribution is 0.111. The van der Waals surface area contributed by atoms with Crippen molar-refractivity contribution in [1.82, 2.24) is 14.5 Å². The summed E-state index contributed by atoms with van der Waals surface area (Å²) >= 11 is 0. The Morgan fingerprint density at radius 1 is 1.38 bits per heavy atom. The lowest BCUT2D eigenvalue weighted by atomic mass is 10.3. The van der Waals surface area contributed by atoms with Crippen molar-refractivity contribution in [3.8, 4) is 0 Å². The SMILES string of the molecule is C=CCn1c(=O)[nH]c(=O)c2cc(C=O)[nH]c21. The molecule has 2 rings (SSSR count). The van der Waals surface area contributed by atoms with Crippen molar-refractivity contribution >= 4 is 17.3 Å². The molecule has 0 aliphatic rings. The monoisotopic (exact) mass is 219 g/mol. The van der Waals surface area contributed by atoms with Crippen LogP contribution in [0, 0.1) is 0 Å². The Hall–Kier alpha value is -2.37. The van der Waals surface area contributed by atoms with Crippen molar-refractivity contribution in [3.05, 3.63) is 45.3 Å². The molecule has 0 aliphatic carbocycles. The second kappa shape index (κ2) is 3.65. The first kappa shape index (κ1) is 10.2. The van der Waals surface area contributed by atoms with Gasteiger partial charge in [0.05, 0.1) is 11.1 Å². The van der Waals surface area contributed by atoms with E-state index in [1.165, 1.54) is 16.7 Å². The largest absolute Gasteiger partial charge is 0.338 e. The maximum absolute atomic E-state index is 11.5. The van der Waals surface area contributed by atoms with Gasteiger partial charge in [-0.05, 0) is 6.07 Å². The summed E-state index contributed by atoms with van der Waals surface area (Å²) < 4.78 is 1.30. The van der Waals surface area contributed by atoms with Crippen LogP contribution in [-0.4, -0.2) is 20.8 Å². The average molecular weight is 219 g/mol. The minimum atomic E-state index is -0.531. The van der Waals surface area contributed by atoms with Crippen molar-refractivity contribution in [2.45, 2.75) is 6.54 Å². The maximum Gasteiger partial charge on any atom is 0.330 e. The van der Waals surface area contributed by atoms with E-state index in [9.17, 15) is 14.4 Å². The molecule has 2 aromatic heterocycles. The zero-order chi connectivity index (χ0) is 11.7. The smallest absolute Gasteiger partial charge is 0.330 e. The van der Waals surface area contributed by atoms with Crippen molar-refractivity contribution in [2.75, 3.05) is 0 Å². The fraction of sp³-hybridized carbons (Fsp3) is 0.100. The molecule has 0 aromatic carbocycles. The number of hydrogen-bond donors (Lipinski definition) is 2. The van der Waals surface area contributed by atoms with Crippen molar-refractivity contribution < 1.29 is 4.79 Å². The van der Waals surface area contributed by atoms with Gasteiger partial charge in [-0.2, -0.15) is 0 Å². The van der Waals surface area contributed by atoms with Gasteiger partial charge in [0.15, 0.2) is 6.29 Å². The Morgan fingerprint density at radius 2 is 2.12 bits per heavy atom. The Kier molecular flexibility index (Phi) is 2.32. The molecule has 0 aliphatic heterocycles. The van der Waals surface area contributed by atoms with Crippen LogP contribution in [0.15, 0.2) is 28.3 Å². The number of aldehydes is 1. The standard InChI is InChI=1S/C10H9N3O3/c1-2-3-13-8-7(4-6(5-14)11-8)9(15)12-10(13)16/h2,4-5,11H,1,3H2,(H,12,15,16). The molecule has 82 valence electrons. The summed E-state index contributed by atoms with van der Waals surface area (Å²) in [5.41, 5.74) is -0.457. The zero-order valence-corrected chi connectivity index (χ0v) is 8.32. The second-order valence-corrected chi connectivity index (χ2v) is 3.26. The van der Waals surface area contributed by atoms with Gasteiger partial charge in [-0.25, -0.2) is 4.79 Å². The topological polar surface area (TPSA) is 87.7 Å². The Bertz CT molecular complexity index is 675. The van der Waals surface area contributed by atoms with Crippen LogP contribution in [0.5, 0.6) is 0 Å². The third-order valence-electron chi connectivity index (χ3n) is 2.24. The molecular formula is C10H9N3O3. The number of carbonyl (C=O) groups is 1. The van der Waals surface area contributed by atoms with E-state index in [1.54, 1.807) is 0 Å². The molecule has 0 atom stereocenters. The Balaban J connectivity index is 2.92. The molecule has 0 saturated carbocycles. The Labute approximate surface area is 89.2 Å². The summed E-state index contributed by atoms with van der Waals surface area (Å²) in [6, 6.07) is 1.40. The summed E-state index contributed by atoms with van der Waals surface area (Å²) in [7, 11) is 0. The number of aromatic nitrogens is 3. The van der Waals surface area contributed by atoms with Gasteiger partial charge in [-0.15, -0.1) is 6.58 Å². The van der Waals surface area contributed by atoms with Crippen LogP contribution >= 0.6 is 0 Å². The highest BCUT2D eigenvalue weighted by Crippen LogP contribution is 2.07. The van der Waals surface area contributed by atoms with Gasteiger partial charge in [-0.1, -0.05) is 6.08 Å². The fourth-order valence-electron chi connectivity index (χ4n) is 1.55. The first-order chi connectivity index (χ1) is 7.67. The predicted octanol–water partition coefficient (Wildman–Crippen LogP) is 0.0164. The third-order valence-corrected chi connectivity index (χ3v) is 2.24. The number of nitrogens with one attached hydrogen (secondary N) is 2. The van der Waals surface area contributed by atoms with Gasteiger partial charge in [0.1, 0.15) is 5.65 Å². The van der Waals surface area contributed by atoms with Gasteiger partial charge < -0.3 is 4.98 Å². The average Bonchev–Trinajstić information content (AvgIpc) is 2.68. The Morgan fingerprint density at radius 3 is 2.75 bits per heavy atom. The minimum Gasteiger partial charge on any atom is -0.338 e. The molecule has 0 unspecified atom stereocenters. The molecule has 0 fully saturated rings. The number of nitrogens with zero attached hydrogens (tertiary/aromatic N) is 1. The molecule has 2 N–H and O–H groups in total. The molecule has 0 amide bonds. The molecule has 2 aromatic rings. The van der Waals surface area contributed by atoms with Crippen LogP contribution < -0.4 is 11.2 Å². The van der Waals surface area contributed by atoms with Crippen molar-refractivity contribution in [1.29, 1.82) is 0 Å². The number of H-pyrrole nitrogens is 2. The van der Waals surface area contributed by atoms with E-state index >= 15 is 0 Å². The van der Waals surface area contributed by atoms with Crippen molar-refractivity contribution in [3.63, 3.8) is 0 Å². The van der Waals surface area contributed by atoms with Gasteiger partial charge in [0.25, 0.3) is 5.56 Å². The van der Waals surface area contributed by atoms with Gasteiger partial charge >= 0.3 is 5.69 Å². The molecular weight excluding hydrogens is 210 g/mol. The first-order valence-corrected chi connectivity index (χ1v) is 4.59. The molecule has 16 heavy (non-hydrogen) atoms. The highest BCUT2D eigenvalue weighted by Gasteiger charge is 2.09. The number of hydrogen-bond acceptors (Lipinski definition) is 3. The van der Waals surface area contributed by atoms with E-state index in [0.717, 1.165) is 0 Å². The van der Waals surface area contributed by atoms with Crippen LogP contribution in [-0.2, 0) is 6.54 Å². The van der Waals surface area contributed by atoms with Crippen LogP contribution in [0.3, 0.4) is 0 Å². The van der Waals surface area contributed by atoms with Crippen LogP contribution in [0.1, 0.15) is 10.5 Å². The number of rotatable bonds is 3. The lowest BCUT2D eigenvalue weighted by Gasteiger charge is -2.02. The molecule has 0 bridgehead atoms. The highest BCUT2D eigenvalue weighted by molar-refractivity contribution is 5.85. The van der Waals surface area contributed by atoms with E-state index in [-0.39, 0.29) is 17.6 Å². The second-order valence-electron chi connectivity index (χ2n) is 3.26. The summed E-state index contributed by atoms with van der Waals surface area (Å²) in [5, 5.41) is 0.281. The normalized spacial score (nSPS) is 10.5. The number of fused-ring (bicyclic) bond motifs is 1. The number of carbonyl (C=O) groups excluding carboxylic acids is 1. The summed E-state index contributed by atoms with van der Waals surface area (Å²) in [5.74, 6) is 0. The van der Waals surface area contributed by atoms with E-state index in [4.69, 9.17) is 0 Å². The van der Waals surface area contributed by atoms with Crippen molar-refractivity contribution in [2.24, 2.45) is 0 Å². The predicted molar refractivity (Wildman–Crippen MR) is 58.8 cm³/mol. The summed E-state index contributed by atoms with van der Waals surface area (Å²) in [4.78, 5) is 38.4. The van der Waals surface area contributed by atoms with E-state index in [0.29, 0.717) is 11.9 Å². The molecule has 0 saturated heterocycles. The summed E-state index contributed by atoms with van der Waals surface area (Å²) in [6.45, 7) is 3.77. The quantitative estimate of drug-likeness (QED) is 0.563. The highest BCUT2D eigenvalue weighted by atomic mass is 16.2. The maximum atomic E-state index is 11.5. The van der Waals surface area contributed by atoms with Crippen LogP contribution in [0.25, 0.3) is 11.0 Å². The summed E-state index contributed by atoms with van der Waals surface area (Å²) in [6.07, 6.45) is 2.11. The first-order valence-electron chi connectivity index (χ1n) is 4.59. The van der Waals surface area contributed by atoms with Gasteiger partial charge in [0, 0.05) is 6.54 Å². The molecule has 6 heteroatoms. The van der Waals surface area contributed by atoms with E-state index < -0.39 is 11.2 Å². The fourth-order valence-corrected chi connectivity index (χ4v) is 1.55. The van der Waals surface area contributed by atoms with Crippen LogP contribution in [0.4, 0.5) is 0 Å². The van der Waals surface area contributed by atoms with E-state index in [1.807, 2.05) is 0 Å². The molecule has 0 radical (unpaired) electrons. The van der Waals surface area contributed by atoms with Gasteiger partial charge in [-0.3, -0.25) is 19.1 Å². The molecule has 0 spiro atoms. The zero-order valence-electron chi connectivity index (χ0n) is 8.32.